The minimum absolute atomic E-state index is 0.0853. The molecule has 0 saturated carbocycles. The van der Waals surface area contributed by atoms with Crippen LogP contribution in [0.3, 0.4) is 0 Å². The van der Waals surface area contributed by atoms with Gasteiger partial charge in [0.15, 0.2) is 17.3 Å². The van der Waals surface area contributed by atoms with E-state index in [-0.39, 0.29) is 18.1 Å². The van der Waals surface area contributed by atoms with Gasteiger partial charge in [-0.1, -0.05) is 0 Å². The molecule has 0 spiro atoms. The van der Waals surface area contributed by atoms with Crippen LogP contribution in [0.5, 0.6) is 11.5 Å². The smallest absolute Gasteiger partial charge is 0.417 e. The summed E-state index contributed by atoms with van der Waals surface area (Å²) in [7, 11) is 3.12. The fourth-order valence-corrected chi connectivity index (χ4v) is 4.61. The number of aromatic nitrogens is 5. The summed E-state index contributed by atoms with van der Waals surface area (Å²) in [5.74, 6) is 2.09. The largest absolute Gasteiger partial charge is 0.493 e. The molecule has 0 unspecified atom stereocenters. The molecule has 1 aromatic carbocycles. The third-order valence-corrected chi connectivity index (χ3v) is 6.66. The van der Waals surface area contributed by atoms with Gasteiger partial charge >= 0.3 is 6.18 Å². The highest BCUT2D eigenvalue weighted by Crippen LogP contribution is 2.33. The molecule has 5 rings (SSSR count). The molecule has 1 fully saturated rings. The van der Waals surface area contributed by atoms with Gasteiger partial charge in [-0.15, -0.1) is 0 Å². The van der Waals surface area contributed by atoms with Gasteiger partial charge in [0.2, 0.25) is 0 Å². The number of nitrogens with one attached hydrogen (secondary N) is 2. The Morgan fingerprint density at radius 3 is 2.49 bits per heavy atom. The van der Waals surface area contributed by atoms with Crippen LogP contribution in [0.15, 0.2) is 36.7 Å². The van der Waals surface area contributed by atoms with Crippen LogP contribution in [0.4, 0.5) is 19.0 Å². The number of carbonyl (C=O) groups is 1. The molecular formula is C25H25F3N6O3. The number of H-pyrrole nitrogens is 2. The molecule has 12 heteroatoms. The molecule has 4 aromatic rings. The van der Waals surface area contributed by atoms with Crippen LogP contribution in [0.1, 0.15) is 24.0 Å². The van der Waals surface area contributed by atoms with Gasteiger partial charge in [-0.2, -0.15) is 18.3 Å². The number of hydrogen-bond acceptors (Lipinski definition) is 7. The number of Topliss-reactive ketones (excluding diaryl/α,β-unsaturated/α-hetero) is 1. The first kappa shape index (κ1) is 24.6. The SMILES string of the molecule is COc1cc2nc(-c3[nH]ncc3CC(=O)C3CCN(c4ccc(C(F)(F)F)cn4)CC3)[nH]c2cc1OC. The lowest BCUT2D eigenvalue weighted by molar-refractivity contribution is -0.137. The van der Waals surface area contributed by atoms with Crippen LogP contribution in [0, 0.1) is 5.92 Å². The number of imidazole rings is 1. The van der Waals surface area contributed by atoms with Gasteiger partial charge in [0, 0.05) is 49.3 Å². The molecule has 1 aliphatic rings. The zero-order valence-corrected chi connectivity index (χ0v) is 20.2. The first-order chi connectivity index (χ1) is 17.8. The van der Waals surface area contributed by atoms with E-state index in [1.807, 2.05) is 4.90 Å². The van der Waals surface area contributed by atoms with Gasteiger partial charge < -0.3 is 19.4 Å². The predicted molar refractivity (Wildman–Crippen MR) is 130 cm³/mol. The summed E-state index contributed by atoms with van der Waals surface area (Å²) in [6.07, 6.45) is -0.560. The fraction of sp³-hybridized carbons (Fsp3) is 0.360. The Morgan fingerprint density at radius 1 is 1.11 bits per heavy atom. The lowest BCUT2D eigenvalue weighted by Crippen LogP contribution is -2.37. The zero-order valence-electron chi connectivity index (χ0n) is 20.2. The van der Waals surface area contributed by atoms with Gasteiger partial charge in [-0.3, -0.25) is 9.89 Å². The van der Waals surface area contributed by atoms with Crippen molar-refractivity contribution in [3.63, 3.8) is 0 Å². The second-order valence-electron chi connectivity index (χ2n) is 8.89. The van der Waals surface area contributed by atoms with E-state index >= 15 is 0 Å². The van der Waals surface area contributed by atoms with Crippen LogP contribution >= 0.6 is 0 Å². The lowest BCUT2D eigenvalue weighted by atomic mass is 9.89. The van der Waals surface area contributed by atoms with E-state index in [9.17, 15) is 18.0 Å². The van der Waals surface area contributed by atoms with E-state index < -0.39 is 11.7 Å². The van der Waals surface area contributed by atoms with E-state index in [0.717, 1.165) is 23.3 Å². The van der Waals surface area contributed by atoms with Crippen molar-refractivity contribution in [1.82, 2.24) is 25.1 Å². The highest BCUT2D eigenvalue weighted by atomic mass is 19.4. The first-order valence-corrected chi connectivity index (χ1v) is 11.7. The van der Waals surface area contributed by atoms with Crippen LogP contribution in [-0.2, 0) is 17.4 Å². The minimum atomic E-state index is -4.42. The summed E-state index contributed by atoms with van der Waals surface area (Å²) in [5.41, 5.74) is 2.02. The predicted octanol–water partition coefficient (Wildman–Crippen LogP) is 4.41. The Kier molecular flexibility index (Phi) is 6.48. The van der Waals surface area contributed by atoms with Crippen molar-refractivity contribution in [2.75, 3.05) is 32.2 Å². The molecule has 194 valence electrons. The molecule has 37 heavy (non-hydrogen) atoms. The molecule has 0 atom stereocenters. The summed E-state index contributed by atoms with van der Waals surface area (Å²) < 4.78 is 49.1. The number of nitrogens with zero attached hydrogens (tertiary/aromatic N) is 4. The molecule has 0 radical (unpaired) electrons. The summed E-state index contributed by atoms with van der Waals surface area (Å²) >= 11 is 0. The van der Waals surface area contributed by atoms with Crippen molar-refractivity contribution in [3.8, 4) is 23.0 Å². The molecule has 0 amide bonds. The number of aromatic amines is 2. The van der Waals surface area contributed by atoms with Gasteiger partial charge in [0.05, 0.1) is 37.0 Å². The highest BCUT2D eigenvalue weighted by Gasteiger charge is 2.31. The Bertz CT molecular complexity index is 1360. The van der Waals surface area contributed by atoms with Crippen LogP contribution in [0.2, 0.25) is 0 Å². The third-order valence-electron chi connectivity index (χ3n) is 6.66. The van der Waals surface area contributed by atoms with Crippen molar-refractivity contribution in [1.29, 1.82) is 0 Å². The molecule has 1 aliphatic heterocycles. The number of hydrogen-bond donors (Lipinski definition) is 2. The van der Waals surface area contributed by atoms with Gasteiger partial charge in [0.1, 0.15) is 17.3 Å². The Balaban J connectivity index is 1.25. The minimum Gasteiger partial charge on any atom is -0.493 e. The van der Waals surface area contributed by atoms with Crippen LogP contribution in [-0.4, -0.2) is 58.2 Å². The summed E-state index contributed by atoms with van der Waals surface area (Å²) in [4.78, 5) is 26.9. The number of piperidine rings is 1. The van der Waals surface area contributed by atoms with Crippen LogP contribution in [0.25, 0.3) is 22.6 Å². The summed E-state index contributed by atoms with van der Waals surface area (Å²) in [6.45, 7) is 1.08. The van der Waals surface area contributed by atoms with E-state index in [1.165, 1.54) is 6.07 Å². The normalized spacial score (nSPS) is 14.8. The van der Waals surface area contributed by atoms with E-state index in [4.69, 9.17) is 9.47 Å². The molecule has 3 aromatic heterocycles. The maximum atomic E-state index is 13.1. The molecule has 1 saturated heterocycles. The topological polar surface area (TPSA) is 109 Å². The molecule has 0 aliphatic carbocycles. The zero-order chi connectivity index (χ0) is 26.2. The molecule has 2 N–H and O–H groups in total. The van der Waals surface area contributed by atoms with Crippen molar-refractivity contribution in [2.45, 2.75) is 25.4 Å². The highest BCUT2D eigenvalue weighted by molar-refractivity contribution is 5.86. The van der Waals surface area contributed by atoms with Crippen molar-refractivity contribution < 1.29 is 27.4 Å². The fourth-order valence-electron chi connectivity index (χ4n) is 4.61. The van der Waals surface area contributed by atoms with Gasteiger partial charge in [-0.25, -0.2) is 9.97 Å². The summed E-state index contributed by atoms with van der Waals surface area (Å²) in [6, 6.07) is 5.98. The second kappa shape index (κ2) is 9.75. The average molecular weight is 515 g/mol. The standard InChI is InChI=1S/C25H25F3N6O3/c1-36-20-10-17-18(11-21(20)37-2)32-24(31-17)23-15(12-30-33-23)9-19(35)14-5-7-34(8-6-14)22-4-3-16(13-29-22)25(26,27)28/h3-4,10-14H,5-9H2,1-2H3,(H,30,33)(H,31,32). The Morgan fingerprint density at radius 2 is 1.84 bits per heavy atom. The maximum Gasteiger partial charge on any atom is 0.417 e. The number of methoxy groups -OCH3 is 2. The quantitative estimate of drug-likeness (QED) is 0.376. The number of alkyl halides is 3. The van der Waals surface area contributed by atoms with E-state index in [1.54, 1.807) is 32.5 Å². The third kappa shape index (κ3) is 4.95. The molecular weight excluding hydrogens is 489 g/mol. The average Bonchev–Trinajstić information content (AvgIpc) is 3.53. The van der Waals surface area contributed by atoms with Crippen LogP contribution < -0.4 is 14.4 Å². The number of halogens is 3. The first-order valence-electron chi connectivity index (χ1n) is 11.7. The number of fused-ring (bicyclic) bond motifs is 1. The number of rotatable bonds is 7. The molecule has 4 heterocycles. The van der Waals surface area contributed by atoms with Crippen molar-refractivity contribution in [3.05, 3.63) is 47.8 Å². The monoisotopic (exact) mass is 514 g/mol. The van der Waals surface area contributed by atoms with Crippen molar-refractivity contribution >= 4 is 22.6 Å². The molecule has 9 nitrogen and oxygen atoms in total. The van der Waals surface area contributed by atoms with Gasteiger partial charge in [-0.05, 0) is 25.0 Å². The Hall–Kier alpha value is -4.09. The Labute approximate surface area is 210 Å². The molecule has 0 bridgehead atoms. The lowest BCUT2D eigenvalue weighted by Gasteiger charge is -2.32. The van der Waals surface area contributed by atoms with Gasteiger partial charge in [0.25, 0.3) is 0 Å². The van der Waals surface area contributed by atoms with Crippen molar-refractivity contribution in [2.24, 2.45) is 5.92 Å². The number of carbonyl (C=O) groups excluding carboxylic acids is 1. The number of anilines is 1. The summed E-state index contributed by atoms with van der Waals surface area (Å²) in [5, 5.41) is 7.06. The van der Waals surface area contributed by atoms with E-state index in [2.05, 4.69) is 25.1 Å². The number of ketones is 1. The second-order valence-corrected chi connectivity index (χ2v) is 8.89. The van der Waals surface area contributed by atoms with E-state index in [0.29, 0.717) is 60.3 Å². The maximum absolute atomic E-state index is 13.1. The number of pyridine rings is 1. The number of ether oxygens (including phenoxy) is 2. The number of benzene rings is 1.